The van der Waals surface area contributed by atoms with E-state index in [2.05, 4.69) is 15.3 Å². The van der Waals surface area contributed by atoms with Gasteiger partial charge in [-0.05, 0) is 18.2 Å². The van der Waals surface area contributed by atoms with Crippen LogP contribution in [0.25, 0.3) is 0 Å². The molecule has 1 amide bonds. The van der Waals surface area contributed by atoms with Crippen molar-refractivity contribution in [3.05, 3.63) is 47.5 Å². The van der Waals surface area contributed by atoms with Crippen molar-refractivity contribution in [1.29, 1.82) is 0 Å². The van der Waals surface area contributed by atoms with Crippen molar-refractivity contribution >= 4 is 28.9 Å². The maximum atomic E-state index is 11.7. The Morgan fingerprint density at radius 2 is 2.00 bits per heavy atom. The molecule has 0 aliphatic rings. The average Bonchev–Trinajstić information content (AvgIpc) is 2.35. The van der Waals surface area contributed by atoms with Crippen molar-refractivity contribution in [3.8, 4) is 0 Å². The molecule has 0 atom stereocenters. The molecule has 0 bridgehead atoms. The average molecular weight is 249 g/mol. The third kappa shape index (κ3) is 2.70. The van der Waals surface area contributed by atoms with Gasteiger partial charge in [0.05, 0.1) is 16.3 Å². The zero-order valence-electron chi connectivity index (χ0n) is 8.72. The molecule has 3 N–H and O–H groups in total. The van der Waals surface area contributed by atoms with E-state index in [1.807, 2.05) is 0 Å². The number of nitrogens with zero attached hydrogens (tertiary/aromatic N) is 2. The highest BCUT2D eigenvalue weighted by Crippen LogP contribution is 2.22. The van der Waals surface area contributed by atoms with Gasteiger partial charge >= 0.3 is 0 Å². The van der Waals surface area contributed by atoms with E-state index in [0.717, 1.165) is 0 Å². The van der Waals surface area contributed by atoms with Crippen molar-refractivity contribution in [2.75, 3.05) is 11.1 Å². The third-order valence-electron chi connectivity index (χ3n) is 2.08. The maximum Gasteiger partial charge on any atom is 0.258 e. The van der Waals surface area contributed by atoms with Crippen molar-refractivity contribution in [2.45, 2.75) is 0 Å². The second-order valence-electron chi connectivity index (χ2n) is 3.32. The van der Waals surface area contributed by atoms with Crippen LogP contribution in [0.5, 0.6) is 0 Å². The molecule has 0 aliphatic heterocycles. The molecule has 0 fully saturated rings. The molecule has 0 radical (unpaired) electrons. The molecule has 1 aromatic carbocycles. The van der Waals surface area contributed by atoms with Crippen LogP contribution >= 0.6 is 11.6 Å². The van der Waals surface area contributed by atoms with Gasteiger partial charge in [-0.2, -0.15) is 0 Å². The highest BCUT2D eigenvalue weighted by molar-refractivity contribution is 6.33. The summed E-state index contributed by atoms with van der Waals surface area (Å²) in [6, 6.07) is 4.88. The summed E-state index contributed by atoms with van der Waals surface area (Å²) in [5.41, 5.74) is 6.97. The highest BCUT2D eigenvalue weighted by atomic mass is 35.5. The van der Waals surface area contributed by atoms with Gasteiger partial charge in [-0.25, -0.2) is 9.97 Å². The zero-order valence-corrected chi connectivity index (χ0v) is 9.48. The van der Waals surface area contributed by atoms with Crippen molar-refractivity contribution < 1.29 is 4.79 Å². The number of nitrogen functional groups attached to an aromatic ring is 1. The normalized spacial score (nSPS) is 9.94. The molecule has 6 heteroatoms. The summed E-state index contributed by atoms with van der Waals surface area (Å²) >= 11 is 5.84. The lowest BCUT2D eigenvalue weighted by molar-refractivity contribution is 0.102. The van der Waals surface area contributed by atoms with Crippen molar-refractivity contribution in [3.63, 3.8) is 0 Å². The van der Waals surface area contributed by atoms with Crippen LogP contribution in [0.15, 0.2) is 36.9 Å². The van der Waals surface area contributed by atoms with Gasteiger partial charge in [0, 0.05) is 18.1 Å². The van der Waals surface area contributed by atoms with E-state index >= 15 is 0 Å². The van der Waals surface area contributed by atoms with Crippen LogP contribution in [0, 0.1) is 0 Å². The Morgan fingerprint density at radius 1 is 1.29 bits per heavy atom. The fourth-order valence-corrected chi connectivity index (χ4v) is 1.41. The van der Waals surface area contributed by atoms with E-state index < -0.39 is 0 Å². The molecule has 17 heavy (non-hydrogen) atoms. The summed E-state index contributed by atoms with van der Waals surface area (Å²) in [7, 11) is 0. The molecule has 0 saturated heterocycles. The number of benzene rings is 1. The minimum atomic E-state index is -0.300. The number of rotatable bonds is 2. The number of aromatic nitrogens is 2. The number of nitrogens with one attached hydrogen (secondary N) is 1. The SMILES string of the molecule is Nc1ccc(NC(=O)c2cncnc2)cc1Cl. The van der Waals surface area contributed by atoms with Crippen LogP contribution in [0.3, 0.4) is 0 Å². The second kappa shape index (κ2) is 4.80. The van der Waals surface area contributed by atoms with E-state index in [4.69, 9.17) is 17.3 Å². The van der Waals surface area contributed by atoms with Crippen LogP contribution in [0.4, 0.5) is 11.4 Å². The van der Waals surface area contributed by atoms with Gasteiger partial charge in [0.25, 0.3) is 5.91 Å². The van der Waals surface area contributed by atoms with Crippen LogP contribution in [0.2, 0.25) is 5.02 Å². The minimum absolute atomic E-state index is 0.300. The van der Waals surface area contributed by atoms with Gasteiger partial charge in [-0.15, -0.1) is 0 Å². The summed E-state index contributed by atoms with van der Waals surface area (Å²) in [5, 5.41) is 3.06. The largest absolute Gasteiger partial charge is 0.398 e. The Bertz CT molecular complexity index is 544. The Morgan fingerprint density at radius 3 is 2.65 bits per heavy atom. The van der Waals surface area contributed by atoms with E-state index in [9.17, 15) is 4.79 Å². The topological polar surface area (TPSA) is 80.9 Å². The quantitative estimate of drug-likeness (QED) is 0.796. The molecular weight excluding hydrogens is 240 g/mol. The van der Waals surface area contributed by atoms with Crippen molar-refractivity contribution in [2.24, 2.45) is 0 Å². The first-order valence-corrected chi connectivity index (χ1v) is 5.16. The van der Waals surface area contributed by atoms with Crippen LogP contribution in [0.1, 0.15) is 10.4 Å². The molecule has 5 nitrogen and oxygen atoms in total. The fraction of sp³-hybridized carbons (Fsp3) is 0. The van der Waals surface area contributed by atoms with E-state index in [0.29, 0.717) is 22.0 Å². The minimum Gasteiger partial charge on any atom is -0.398 e. The summed E-state index contributed by atoms with van der Waals surface area (Å²) < 4.78 is 0. The van der Waals surface area contributed by atoms with E-state index in [1.165, 1.54) is 18.7 Å². The van der Waals surface area contributed by atoms with Crippen LogP contribution in [-0.4, -0.2) is 15.9 Å². The Balaban J connectivity index is 2.16. The molecule has 2 rings (SSSR count). The molecule has 2 aromatic rings. The predicted octanol–water partition coefficient (Wildman–Crippen LogP) is 1.96. The Labute approximate surface area is 103 Å². The first-order chi connectivity index (χ1) is 8.16. The number of anilines is 2. The Kier molecular flexibility index (Phi) is 3.20. The van der Waals surface area contributed by atoms with Gasteiger partial charge in [0.2, 0.25) is 0 Å². The first-order valence-electron chi connectivity index (χ1n) is 4.78. The molecule has 1 heterocycles. The van der Waals surface area contributed by atoms with E-state index in [-0.39, 0.29) is 5.91 Å². The van der Waals surface area contributed by atoms with Crippen LogP contribution < -0.4 is 11.1 Å². The molecule has 0 unspecified atom stereocenters. The number of nitrogens with two attached hydrogens (primary N) is 1. The number of halogens is 1. The second-order valence-corrected chi connectivity index (χ2v) is 3.72. The monoisotopic (exact) mass is 248 g/mol. The smallest absolute Gasteiger partial charge is 0.258 e. The predicted molar refractivity (Wildman–Crippen MR) is 65.8 cm³/mol. The summed E-state index contributed by atoms with van der Waals surface area (Å²) in [5.74, 6) is -0.300. The number of carbonyl (C=O) groups excluding carboxylic acids is 1. The Hall–Kier alpha value is -2.14. The van der Waals surface area contributed by atoms with Gasteiger partial charge in [0.15, 0.2) is 0 Å². The molecule has 0 aliphatic carbocycles. The standard InChI is InChI=1S/C11H9ClN4O/c12-9-3-8(1-2-10(9)13)16-11(17)7-4-14-6-15-5-7/h1-6H,13H2,(H,16,17). The summed E-state index contributed by atoms with van der Waals surface area (Å²) in [4.78, 5) is 19.3. The lowest BCUT2D eigenvalue weighted by Gasteiger charge is -2.06. The van der Waals surface area contributed by atoms with Gasteiger partial charge in [-0.1, -0.05) is 11.6 Å². The first kappa shape index (κ1) is 11.3. The number of amides is 1. The van der Waals surface area contributed by atoms with Crippen LogP contribution in [-0.2, 0) is 0 Å². The van der Waals surface area contributed by atoms with Crippen molar-refractivity contribution in [1.82, 2.24) is 9.97 Å². The number of hydrogen-bond donors (Lipinski definition) is 2. The number of carbonyl (C=O) groups is 1. The van der Waals surface area contributed by atoms with E-state index in [1.54, 1.807) is 18.2 Å². The molecular formula is C11H9ClN4O. The summed E-state index contributed by atoms with van der Waals surface area (Å²) in [6.07, 6.45) is 4.22. The number of hydrogen-bond acceptors (Lipinski definition) is 4. The van der Waals surface area contributed by atoms with Gasteiger partial charge in [0.1, 0.15) is 6.33 Å². The zero-order chi connectivity index (χ0) is 12.3. The highest BCUT2D eigenvalue weighted by Gasteiger charge is 2.07. The fourth-order valence-electron chi connectivity index (χ4n) is 1.22. The lowest BCUT2D eigenvalue weighted by atomic mass is 10.2. The maximum absolute atomic E-state index is 11.7. The van der Waals surface area contributed by atoms with Gasteiger partial charge < -0.3 is 11.1 Å². The molecule has 0 spiro atoms. The van der Waals surface area contributed by atoms with Gasteiger partial charge in [-0.3, -0.25) is 4.79 Å². The molecule has 1 aromatic heterocycles. The lowest BCUT2D eigenvalue weighted by Crippen LogP contribution is -2.12. The molecule has 0 saturated carbocycles. The summed E-state index contributed by atoms with van der Waals surface area (Å²) in [6.45, 7) is 0. The molecule has 86 valence electrons. The third-order valence-corrected chi connectivity index (χ3v) is 2.41.